The van der Waals surface area contributed by atoms with Crippen molar-refractivity contribution in [2.45, 2.75) is 17.4 Å². The number of halogens is 2. The summed E-state index contributed by atoms with van der Waals surface area (Å²) < 4.78 is 38.3. The van der Waals surface area contributed by atoms with Crippen LogP contribution in [0.2, 0.25) is 5.02 Å². The van der Waals surface area contributed by atoms with Crippen LogP contribution in [0.4, 0.5) is 4.39 Å². The minimum atomic E-state index is -3.69. The molecule has 0 amide bonds. The summed E-state index contributed by atoms with van der Waals surface area (Å²) in [6.45, 7) is 0.329. The van der Waals surface area contributed by atoms with E-state index in [1.807, 2.05) is 0 Å². The Hall–Kier alpha value is -0.690. The monoisotopic (exact) mass is 279 g/mol. The second-order valence-corrected chi connectivity index (χ2v) is 6.23. The molecule has 0 aromatic heterocycles. The predicted molar refractivity (Wildman–Crippen MR) is 60.8 cm³/mol. The van der Waals surface area contributed by atoms with Gasteiger partial charge in [0, 0.05) is 13.1 Å². The quantitative estimate of drug-likeness (QED) is 0.886. The molecule has 0 bridgehead atoms. The van der Waals surface area contributed by atoms with Gasteiger partial charge in [0.25, 0.3) is 0 Å². The van der Waals surface area contributed by atoms with Crippen LogP contribution in [0.1, 0.15) is 6.42 Å². The fraction of sp³-hybridized carbons (Fsp3) is 0.400. The maximum atomic E-state index is 12.9. The number of hydrogen-bond acceptors (Lipinski definition) is 3. The average molecular weight is 280 g/mol. The molecule has 1 aliphatic heterocycles. The van der Waals surface area contributed by atoms with Crippen LogP contribution in [0.15, 0.2) is 23.1 Å². The predicted octanol–water partition coefficient (Wildman–Crippen LogP) is 1.23. The van der Waals surface area contributed by atoms with E-state index in [1.54, 1.807) is 0 Å². The number of benzene rings is 1. The van der Waals surface area contributed by atoms with Crippen LogP contribution in [-0.4, -0.2) is 37.0 Å². The molecule has 2 rings (SSSR count). The van der Waals surface area contributed by atoms with Crippen LogP contribution in [0.5, 0.6) is 0 Å². The normalized spacial score (nSPS) is 21.9. The largest absolute Gasteiger partial charge is 0.392 e. The van der Waals surface area contributed by atoms with Gasteiger partial charge >= 0.3 is 0 Å². The lowest BCUT2D eigenvalue weighted by Crippen LogP contribution is -2.29. The number of rotatable bonds is 2. The van der Waals surface area contributed by atoms with E-state index in [0.29, 0.717) is 6.42 Å². The third-order valence-electron chi connectivity index (χ3n) is 2.65. The molecule has 94 valence electrons. The van der Waals surface area contributed by atoms with Gasteiger partial charge < -0.3 is 5.11 Å². The second kappa shape index (κ2) is 4.53. The summed E-state index contributed by atoms with van der Waals surface area (Å²) >= 11 is 5.55. The Labute approximate surface area is 104 Å². The SMILES string of the molecule is O=S(=O)(c1ccc(F)c(Cl)c1)N1CCC(O)C1. The number of aliphatic hydroxyl groups excluding tert-OH is 1. The van der Waals surface area contributed by atoms with Crippen molar-refractivity contribution in [1.82, 2.24) is 4.31 Å². The Morgan fingerprint density at radius 3 is 2.71 bits per heavy atom. The van der Waals surface area contributed by atoms with Crippen molar-refractivity contribution in [1.29, 1.82) is 0 Å². The van der Waals surface area contributed by atoms with Crippen LogP contribution in [0, 0.1) is 5.82 Å². The average Bonchev–Trinajstić information content (AvgIpc) is 2.69. The third kappa shape index (κ3) is 2.44. The van der Waals surface area contributed by atoms with Crippen LogP contribution in [0.3, 0.4) is 0 Å². The standard InChI is InChI=1S/C10H11ClFNO3S/c11-9-5-8(1-2-10(9)12)17(15,16)13-4-3-7(14)6-13/h1-2,5,7,14H,3-4,6H2. The molecule has 1 aliphatic rings. The first-order valence-electron chi connectivity index (χ1n) is 5.04. The van der Waals surface area contributed by atoms with Crippen molar-refractivity contribution in [2.24, 2.45) is 0 Å². The summed E-state index contributed by atoms with van der Waals surface area (Å²) in [5.41, 5.74) is 0. The molecule has 1 fully saturated rings. The Morgan fingerprint density at radius 1 is 1.47 bits per heavy atom. The molecule has 4 nitrogen and oxygen atoms in total. The molecule has 0 radical (unpaired) electrons. The first-order chi connectivity index (χ1) is 7.91. The molecule has 1 aromatic carbocycles. The highest BCUT2D eigenvalue weighted by Crippen LogP contribution is 2.24. The second-order valence-electron chi connectivity index (χ2n) is 3.88. The van der Waals surface area contributed by atoms with Gasteiger partial charge in [-0.1, -0.05) is 11.6 Å². The molecular weight excluding hydrogens is 269 g/mol. The van der Waals surface area contributed by atoms with Gasteiger partial charge in [-0.2, -0.15) is 4.31 Å². The minimum absolute atomic E-state index is 0.0574. The molecule has 0 saturated carbocycles. The summed E-state index contributed by atoms with van der Waals surface area (Å²) in [7, 11) is -3.69. The molecule has 1 heterocycles. The van der Waals surface area contributed by atoms with Gasteiger partial charge in [-0.15, -0.1) is 0 Å². The highest BCUT2D eigenvalue weighted by molar-refractivity contribution is 7.89. The summed E-state index contributed by atoms with van der Waals surface area (Å²) in [5, 5.41) is 9.09. The highest BCUT2D eigenvalue weighted by Gasteiger charge is 2.31. The molecule has 1 N–H and O–H groups in total. The van der Waals surface area contributed by atoms with E-state index in [9.17, 15) is 17.9 Å². The summed E-state index contributed by atoms with van der Waals surface area (Å²) in [4.78, 5) is -0.0574. The summed E-state index contributed by atoms with van der Waals surface area (Å²) in [5.74, 6) is -0.660. The maximum absolute atomic E-state index is 12.9. The summed E-state index contributed by atoms with van der Waals surface area (Å²) in [6, 6.07) is 3.26. The number of β-amino-alcohol motifs (C(OH)–C–C–N with tert-alkyl or cyclic N) is 1. The van der Waals surface area contributed by atoms with E-state index >= 15 is 0 Å². The van der Waals surface area contributed by atoms with E-state index in [4.69, 9.17) is 11.6 Å². The van der Waals surface area contributed by atoms with E-state index in [-0.39, 0.29) is 23.0 Å². The molecule has 1 atom stereocenters. The van der Waals surface area contributed by atoms with Crippen molar-refractivity contribution in [3.63, 3.8) is 0 Å². The fourth-order valence-corrected chi connectivity index (χ4v) is 3.48. The summed E-state index contributed by atoms with van der Waals surface area (Å²) in [6.07, 6.45) is -0.227. The van der Waals surface area contributed by atoms with Gasteiger partial charge in [0.05, 0.1) is 16.0 Å². The lowest BCUT2D eigenvalue weighted by atomic mass is 10.3. The molecule has 0 aliphatic carbocycles. The van der Waals surface area contributed by atoms with Crippen molar-refractivity contribution in [3.8, 4) is 0 Å². The van der Waals surface area contributed by atoms with Crippen molar-refractivity contribution >= 4 is 21.6 Å². The van der Waals surface area contributed by atoms with Crippen molar-refractivity contribution < 1.29 is 17.9 Å². The van der Waals surface area contributed by atoms with Crippen molar-refractivity contribution in [2.75, 3.05) is 13.1 Å². The molecule has 1 unspecified atom stereocenters. The van der Waals surface area contributed by atoms with Gasteiger partial charge in [0.1, 0.15) is 5.82 Å². The first-order valence-corrected chi connectivity index (χ1v) is 6.86. The number of hydrogen-bond donors (Lipinski definition) is 1. The first kappa shape index (κ1) is 12.8. The van der Waals surface area contributed by atoms with Gasteiger partial charge in [-0.05, 0) is 24.6 Å². The molecule has 1 saturated heterocycles. The Morgan fingerprint density at radius 2 is 2.18 bits per heavy atom. The Balaban J connectivity index is 2.35. The van der Waals surface area contributed by atoms with Gasteiger partial charge in [-0.3, -0.25) is 0 Å². The lowest BCUT2D eigenvalue weighted by molar-refractivity contribution is 0.189. The smallest absolute Gasteiger partial charge is 0.243 e. The van der Waals surface area contributed by atoms with E-state index in [0.717, 1.165) is 12.1 Å². The maximum Gasteiger partial charge on any atom is 0.243 e. The van der Waals surface area contributed by atoms with E-state index < -0.39 is 21.9 Å². The zero-order chi connectivity index (χ0) is 12.6. The topological polar surface area (TPSA) is 57.6 Å². The highest BCUT2D eigenvalue weighted by atomic mass is 35.5. The molecular formula is C10H11ClFNO3S. The van der Waals surface area contributed by atoms with E-state index in [2.05, 4.69) is 0 Å². The molecule has 1 aromatic rings. The number of aliphatic hydroxyl groups is 1. The van der Waals surface area contributed by atoms with Gasteiger partial charge in [0.2, 0.25) is 10.0 Å². The lowest BCUT2D eigenvalue weighted by Gasteiger charge is -2.15. The van der Waals surface area contributed by atoms with Crippen LogP contribution in [0.25, 0.3) is 0 Å². The molecule has 7 heteroatoms. The third-order valence-corrected chi connectivity index (χ3v) is 4.81. The van der Waals surface area contributed by atoms with Crippen LogP contribution in [-0.2, 0) is 10.0 Å². The zero-order valence-electron chi connectivity index (χ0n) is 8.81. The Kier molecular flexibility index (Phi) is 3.40. The van der Waals surface area contributed by atoms with Crippen LogP contribution >= 0.6 is 11.6 Å². The van der Waals surface area contributed by atoms with Crippen LogP contribution < -0.4 is 0 Å². The fourth-order valence-electron chi connectivity index (χ4n) is 1.72. The van der Waals surface area contributed by atoms with E-state index in [1.165, 1.54) is 10.4 Å². The van der Waals surface area contributed by atoms with Crippen molar-refractivity contribution in [3.05, 3.63) is 29.0 Å². The Bertz CT molecular complexity index is 534. The zero-order valence-corrected chi connectivity index (χ0v) is 10.4. The number of nitrogens with zero attached hydrogens (tertiary/aromatic N) is 1. The number of sulfonamides is 1. The molecule has 17 heavy (non-hydrogen) atoms. The minimum Gasteiger partial charge on any atom is -0.392 e. The molecule has 0 spiro atoms. The van der Waals surface area contributed by atoms with Gasteiger partial charge in [0.15, 0.2) is 0 Å². The van der Waals surface area contributed by atoms with Gasteiger partial charge in [-0.25, -0.2) is 12.8 Å².